The summed E-state index contributed by atoms with van der Waals surface area (Å²) >= 11 is 8.68. The van der Waals surface area contributed by atoms with Crippen LogP contribution in [0, 0.1) is 5.92 Å². The summed E-state index contributed by atoms with van der Waals surface area (Å²) in [7, 11) is 1.34. The predicted molar refractivity (Wildman–Crippen MR) is 76.8 cm³/mol. The number of esters is 1. The number of carbonyl (C=O) groups excluding carboxylic acids is 1. The van der Waals surface area contributed by atoms with Crippen molar-refractivity contribution >= 4 is 44.9 Å². The van der Waals surface area contributed by atoms with Gasteiger partial charge in [0.05, 0.1) is 22.1 Å². The molecule has 1 aliphatic carbocycles. The first-order valence-corrected chi connectivity index (χ1v) is 6.86. The van der Waals surface area contributed by atoms with Crippen molar-refractivity contribution in [3.05, 3.63) is 22.3 Å². The van der Waals surface area contributed by atoms with Crippen LogP contribution >= 0.6 is 28.1 Å². The zero-order valence-corrected chi connectivity index (χ0v) is 12.3. The molecule has 18 heavy (non-hydrogen) atoms. The highest BCUT2D eigenvalue weighted by Gasteiger charge is 2.22. The minimum Gasteiger partial charge on any atom is -0.465 e. The minimum absolute atomic E-state index is 0.406. The highest BCUT2D eigenvalue weighted by Crippen LogP contribution is 2.29. The molecule has 1 aliphatic rings. The number of hydrogen-bond donors (Lipinski definition) is 1. The van der Waals surface area contributed by atoms with Gasteiger partial charge in [-0.05, 0) is 34.8 Å². The Morgan fingerprint density at radius 3 is 2.83 bits per heavy atom. The number of thiocarbonyl (C=S) groups is 1. The molecule has 2 rings (SSSR count). The van der Waals surface area contributed by atoms with Gasteiger partial charge in [0.2, 0.25) is 0 Å². The average molecular weight is 329 g/mol. The van der Waals surface area contributed by atoms with E-state index in [0.29, 0.717) is 21.8 Å². The topological polar surface area (TPSA) is 51.2 Å². The number of pyridine rings is 1. The second-order valence-corrected chi connectivity index (χ2v) is 5.46. The van der Waals surface area contributed by atoms with Crippen LogP contribution in [-0.2, 0) is 4.74 Å². The summed E-state index contributed by atoms with van der Waals surface area (Å²) in [6, 6.07) is 1.67. The summed E-state index contributed by atoms with van der Waals surface area (Å²) in [6.07, 6.45) is 5.00. The normalized spacial score (nSPS) is 14.8. The third-order valence-electron chi connectivity index (χ3n) is 2.98. The molecule has 0 atom stereocenters. The van der Waals surface area contributed by atoms with Gasteiger partial charge in [-0.1, -0.05) is 18.6 Å². The Morgan fingerprint density at radius 1 is 1.61 bits per heavy atom. The molecule has 0 aliphatic heterocycles. The van der Waals surface area contributed by atoms with Crippen LogP contribution in [0.4, 0.5) is 5.82 Å². The molecule has 0 amide bonds. The van der Waals surface area contributed by atoms with Crippen molar-refractivity contribution < 1.29 is 9.53 Å². The fourth-order valence-electron chi connectivity index (χ4n) is 1.65. The number of nitrogens with one attached hydrogen (secondary N) is 1. The number of methoxy groups -OCH3 is 1. The van der Waals surface area contributed by atoms with E-state index in [9.17, 15) is 4.79 Å². The number of ether oxygens (including phenoxy) is 1. The van der Waals surface area contributed by atoms with Crippen LogP contribution in [0.1, 0.15) is 29.6 Å². The lowest BCUT2D eigenvalue weighted by Crippen LogP contribution is -2.27. The molecular formula is C12H13BrN2O2S. The van der Waals surface area contributed by atoms with Crippen LogP contribution < -0.4 is 5.32 Å². The van der Waals surface area contributed by atoms with Crippen LogP contribution in [0.25, 0.3) is 0 Å². The van der Waals surface area contributed by atoms with E-state index in [1.54, 1.807) is 6.07 Å². The molecule has 1 heterocycles. The molecule has 4 nitrogen and oxygen atoms in total. The van der Waals surface area contributed by atoms with Gasteiger partial charge in [-0.2, -0.15) is 0 Å². The molecular weight excluding hydrogens is 316 g/mol. The summed E-state index contributed by atoms with van der Waals surface area (Å²) in [4.78, 5) is 16.3. The first-order valence-electron chi connectivity index (χ1n) is 5.66. The standard InChI is InChI=1S/C12H13BrN2O2S/c1-17-12(16)8-5-9(13)10(14-6-8)15-11(18)7-3-2-4-7/h5-7H,2-4H2,1H3,(H,14,15,18). The van der Waals surface area contributed by atoms with Crippen LogP contribution in [0.2, 0.25) is 0 Å². The van der Waals surface area contributed by atoms with E-state index in [-0.39, 0.29) is 0 Å². The predicted octanol–water partition coefficient (Wildman–Crippen LogP) is 3.17. The number of nitrogens with zero attached hydrogens (tertiary/aromatic N) is 1. The SMILES string of the molecule is COC(=O)c1cnc(NC(=S)C2CCC2)c(Br)c1. The highest BCUT2D eigenvalue weighted by atomic mass is 79.9. The van der Waals surface area contributed by atoms with E-state index in [2.05, 4.69) is 31.0 Å². The van der Waals surface area contributed by atoms with Gasteiger partial charge >= 0.3 is 5.97 Å². The lowest BCUT2D eigenvalue weighted by atomic mass is 9.85. The number of anilines is 1. The van der Waals surface area contributed by atoms with E-state index < -0.39 is 5.97 Å². The Bertz CT molecular complexity index is 489. The van der Waals surface area contributed by atoms with Gasteiger partial charge in [0, 0.05) is 12.1 Å². The summed E-state index contributed by atoms with van der Waals surface area (Å²) in [5, 5.41) is 3.12. The minimum atomic E-state index is -0.406. The van der Waals surface area contributed by atoms with Crippen molar-refractivity contribution in [2.24, 2.45) is 5.92 Å². The van der Waals surface area contributed by atoms with Crippen molar-refractivity contribution in [2.75, 3.05) is 12.4 Å². The van der Waals surface area contributed by atoms with Crippen molar-refractivity contribution in [1.82, 2.24) is 4.98 Å². The Balaban J connectivity index is 2.09. The largest absolute Gasteiger partial charge is 0.465 e. The lowest BCUT2D eigenvalue weighted by Gasteiger charge is -2.26. The molecule has 1 fully saturated rings. The van der Waals surface area contributed by atoms with Crippen molar-refractivity contribution in [3.8, 4) is 0 Å². The van der Waals surface area contributed by atoms with Crippen LogP contribution in [-0.4, -0.2) is 23.1 Å². The molecule has 0 aromatic carbocycles. The fourth-order valence-corrected chi connectivity index (χ4v) is 2.43. The summed E-state index contributed by atoms with van der Waals surface area (Å²) in [5.41, 5.74) is 0.407. The quantitative estimate of drug-likeness (QED) is 0.682. The maximum atomic E-state index is 11.3. The first-order chi connectivity index (χ1) is 8.61. The van der Waals surface area contributed by atoms with E-state index in [1.165, 1.54) is 19.7 Å². The summed E-state index contributed by atoms with van der Waals surface area (Å²) in [6.45, 7) is 0. The molecule has 1 N–H and O–H groups in total. The first kappa shape index (κ1) is 13.4. The van der Waals surface area contributed by atoms with Crippen LogP contribution in [0.15, 0.2) is 16.7 Å². The van der Waals surface area contributed by atoms with E-state index in [4.69, 9.17) is 12.2 Å². The molecule has 1 aromatic heterocycles. The number of halogens is 1. The van der Waals surface area contributed by atoms with Gasteiger partial charge in [-0.15, -0.1) is 0 Å². The van der Waals surface area contributed by atoms with Gasteiger partial charge in [0.1, 0.15) is 5.82 Å². The molecule has 0 unspecified atom stereocenters. The van der Waals surface area contributed by atoms with E-state index >= 15 is 0 Å². The van der Waals surface area contributed by atoms with Gasteiger partial charge in [-0.3, -0.25) is 0 Å². The highest BCUT2D eigenvalue weighted by molar-refractivity contribution is 9.10. The molecule has 0 radical (unpaired) electrons. The Hall–Kier alpha value is -1.01. The zero-order chi connectivity index (χ0) is 13.1. The molecule has 0 saturated heterocycles. The Kier molecular flexibility index (Phi) is 4.29. The Morgan fingerprint density at radius 2 is 2.33 bits per heavy atom. The van der Waals surface area contributed by atoms with Gasteiger partial charge in [-0.25, -0.2) is 9.78 Å². The molecule has 6 heteroatoms. The number of hydrogen-bond acceptors (Lipinski definition) is 4. The van der Waals surface area contributed by atoms with Crippen LogP contribution in [0.3, 0.4) is 0 Å². The Labute approximate surface area is 119 Å². The third kappa shape index (κ3) is 2.87. The second-order valence-electron chi connectivity index (χ2n) is 4.16. The van der Waals surface area contributed by atoms with E-state index in [0.717, 1.165) is 17.8 Å². The maximum absolute atomic E-state index is 11.3. The summed E-state index contributed by atoms with van der Waals surface area (Å²) < 4.78 is 5.33. The molecule has 96 valence electrons. The maximum Gasteiger partial charge on any atom is 0.339 e. The smallest absolute Gasteiger partial charge is 0.339 e. The molecule has 1 aromatic rings. The van der Waals surface area contributed by atoms with Crippen LogP contribution in [0.5, 0.6) is 0 Å². The third-order valence-corrected chi connectivity index (χ3v) is 4.02. The second kappa shape index (κ2) is 5.75. The van der Waals surface area contributed by atoms with E-state index in [1.807, 2.05) is 0 Å². The van der Waals surface area contributed by atoms with Crippen molar-refractivity contribution in [1.29, 1.82) is 0 Å². The molecule has 1 saturated carbocycles. The fraction of sp³-hybridized carbons (Fsp3) is 0.417. The summed E-state index contributed by atoms with van der Waals surface area (Å²) in [5.74, 6) is 0.699. The monoisotopic (exact) mass is 328 g/mol. The number of rotatable bonds is 3. The van der Waals surface area contributed by atoms with Crippen molar-refractivity contribution in [3.63, 3.8) is 0 Å². The van der Waals surface area contributed by atoms with Crippen molar-refractivity contribution in [2.45, 2.75) is 19.3 Å². The van der Waals surface area contributed by atoms with Gasteiger partial charge in [0.15, 0.2) is 0 Å². The number of carbonyl (C=O) groups is 1. The van der Waals surface area contributed by atoms with Gasteiger partial charge in [0.25, 0.3) is 0 Å². The number of aromatic nitrogens is 1. The zero-order valence-electron chi connectivity index (χ0n) is 9.90. The molecule has 0 spiro atoms. The van der Waals surface area contributed by atoms with Gasteiger partial charge < -0.3 is 10.1 Å². The lowest BCUT2D eigenvalue weighted by molar-refractivity contribution is 0.0600. The average Bonchev–Trinajstić information content (AvgIpc) is 2.28. The molecule has 0 bridgehead atoms.